The number of carbonyl (C=O) groups excluding carboxylic acids is 6. The predicted octanol–water partition coefficient (Wildman–Crippen LogP) is 3.35. The Balaban J connectivity index is 0.924. The summed E-state index contributed by atoms with van der Waals surface area (Å²) in [6.07, 6.45) is -2.88. The van der Waals surface area contributed by atoms with Crippen LogP contribution in [0.1, 0.15) is 71.7 Å². The number of aliphatic hydroxyl groups is 2. The van der Waals surface area contributed by atoms with E-state index >= 15 is 8.78 Å². The Hall–Kier alpha value is -5.54. The third-order valence-electron chi connectivity index (χ3n) is 14.3. The SMILES string of the molecule is C[C@H](NC(=O)CCNC(=O)C(S)CC(=O)O)C(=O)N[C@@H](C)C(=O)Nc1ccc(Oc2ccc([C@@H]3O[C@@H]4CC5[C@@H]6C[C@H](F)C7=CC(=O)C=C[C@]7(C)[C@@]6(F)[C@@H](O)C[C@]5(C)[C@]4(C(=O)CO)O3)cc2)cc1. The van der Waals surface area contributed by atoms with Crippen LogP contribution in [0.25, 0.3) is 0 Å². The highest BCUT2D eigenvalue weighted by atomic mass is 32.1. The van der Waals surface area contributed by atoms with Crippen molar-refractivity contribution in [1.82, 2.24) is 16.0 Å². The highest BCUT2D eigenvalue weighted by Crippen LogP contribution is 2.72. The lowest BCUT2D eigenvalue weighted by molar-refractivity contribution is -0.235. The van der Waals surface area contributed by atoms with Crippen molar-refractivity contribution in [2.75, 3.05) is 18.5 Å². The number of Topliss-reactive ketones (excluding diaryl/α,β-unsaturated/α-hetero) is 1. The molecule has 13 atom stereocenters. The number of ether oxygens (including phenoxy) is 3. The maximum Gasteiger partial charge on any atom is 0.304 e. The zero-order chi connectivity index (χ0) is 48.8. The molecule has 20 heteroatoms. The Bertz CT molecular complexity index is 2390. The first-order chi connectivity index (χ1) is 31.6. The molecule has 0 radical (unpaired) electrons. The standard InChI is InChI=1S/C47H54F2N4O13S/c1-23(51-38(58)14-16-50-42(63)34(67)20-39(59)60)40(61)52-24(2)41(62)53-26-7-11-29(12-8-26)64-28-9-5-25(6-10-28)43-65-37-19-30-31-18-33(48)32-17-27(55)13-15-44(32,3)46(31,49)35(56)21-45(30,4)47(37,66-43)36(57)22-54/h5-13,15,17,23-24,30-31,33-35,37,43,54,56,67H,14,16,18-22H2,1-4H3,(H,50,63)(H,51,58)(H,52,61)(H,53,62)(H,59,60)/t23-,24-,30?,31-,33-,34?,35-,37+,43+,44-,45-,46-,47+/m0/s1. The number of halogens is 2. The maximum atomic E-state index is 17.7. The van der Waals surface area contributed by atoms with Gasteiger partial charge >= 0.3 is 5.97 Å². The summed E-state index contributed by atoms with van der Waals surface area (Å²) in [5.74, 6) is -5.70. The summed E-state index contributed by atoms with van der Waals surface area (Å²) < 4.78 is 52.6. The van der Waals surface area contributed by atoms with E-state index in [1.165, 1.54) is 32.9 Å². The normalized spacial score (nSPS) is 32.7. The number of fused-ring (bicyclic) bond motifs is 7. The second kappa shape index (κ2) is 18.9. The highest BCUT2D eigenvalue weighted by molar-refractivity contribution is 7.81. The summed E-state index contributed by atoms with van der Waals surface area (Å²) in [5, 5.41) is 39.8. The molecule has 1 saturated heterocycles. The zero-order valence-corrected chi connectivity index (χ0v) is 38.0. The number of amides is 4. The number of carboxylic acids is 1. The Morgan fingerprint density at radius 2 is 1.57 bits per heavy atom. The number of benzene rings is 2. The molecule has 360 valence electrons. The van der Waals surface area contributed by atoms with Gasteiger partial charge in [0, 0.05) is 41.0 Å². The number of allylic oxidation sites excluding steroid dienone is 4. The highest BCUT2D eigenvalue weighted by Gasteiger charge is 2.80. The minimum atomic E-state index is -2.37. The summed E-state index contributed by atoms with van der Waals surface area (Å²) >= 11 is 3.91. The molecule has 3 saturated carbocycles. The molecule has 7 rings (SSSR count). The largest absolute Gasteiger partial charge is 0.481 e. The maximum absolute atomic E-state index is 17.7. The minimum Gasteiger partial charge on any atom is -0.481 e. The minimum absolute atomic E-state index is 0.0132. The van der Waals surface area contributed by atoms with E-state index in [9.17, 15) is 43.8 Å². The molecule has 0 bridgehead atoms. The van der Waals surface area contributed by atoms with Crippen LogP contribution in [0, 0.1) is 22.7 Å². The van der Waals surface area contributed by atoms with Crippen molar-refractivity contribution in [2.24, 2.45) is 22.7 Å². The molecular weight excluding hydrogens is 899 g/mol. The lowest BCUT2D eigenvalue weighted by Gasteiger charge is -2.63. The van der Waals surface area contributed by atoms with Crippen LogP contribution in [-0.4, -0.2) is 117 Å². The van der Waals surface area contributed by atoms with Crippen molar-refractivity contribution < 1.29 is 71.9 Å². The van der Waals surface area contributed by atoms with Crippen LogP contribution in [0.5, 0.6) is 11.5 Å². The van der Waals surface area contributed by atoms with Crippen LogP contribution >= 0.6 is 12.6 Å². The van der Waals surface area contributed by atoms with E-state index in [1.807, 2.05) is 0 Å². The fourth-order valence-electron chi connectivity index (χ4n) is 10.9. The van der Waals surface area contributed by atoms with E-state index in [0.717, 1.165) is 6.08 Å². The van der Waals surface area contributed by atoms with Crippen molar-refractivity contribution in [3.63, 3.8) is 0 Å². The quantitative estimate of drug-likeness (QED) is 0.113. The second-order valence-corrected chi connectivity index (χ2v) is 19.0. The van der Waals surface area contributed by atoms with E-state index in [1.54, 1.807) is 55.5 Å². The predicted molar refractivity (Wildman–Crippen MR) is 237 cm³/mol. The number of carboxylic acid groups (broad SMARTS) is 1. The lowest BCUT2D eigenvalue weighted by Crippen LogP contribution is -2.70. The van der Waals surface area contributed by atoms with Crippen LogP contribution in [0.3, 0.4) is 0 Å². The van der Waals surface area contributed by atoms with Crippen LogP contribution in [0.15, 0.2) is 72.3 Å². The Morgan fingerprint density at radius 1 is 0.925 bits per heavy atom. The van der Waals surface area contributed by atoms with Gasteiger partial charge in [0.1, 0.15) is 36.4 Å². The summed E-state index contributed by atoms with van der Waals surface area (Å²) in [5.41, 5.74) is -6.16. The first-order valence-electron chi connectivity index (χ1n) is 22.0. The van der Waals surface area contributed by atoms with Gasteiger partial charge in [0.05, 0.1) is 23.9 Å². The van der Waals surface area contributed by atoms with Crippen molar-refractivity contribution in [3.8, 4) is 11.5 Å². The number of alkyl halides is 2. The smallest absolute Gasteiger partial charge is 0.304 e. The molecule has 4 fully saturated rings. The van der Waals surface area contributed by atoms with Gasteiger partial charge in [0.15, 0.2) is 29.1 Å². The Morgan fingerprint density at radius 3 is 2.21 bits per heavy atom. The summed E-state index contributed by atoms with van der Waals surface area (Å²) in [6.45, 7) is 5.07. The summed E-state index contributed by atoms with van der Waals surface area (Å²) in [6, 6.07) is 11.0. The molecule has 2 unspecified atom stereocenters. The first kappa shape index (κ1) is 49.4. The van der Waals surface area contributed by atoms with Crippen LogP contribution in [-0.2, 0) is 43.0 Å². The van der Waals surface area contributed by atoms with Gasteiger partial charge < -0.3 is 50.8 Å². The fraction of sp³-hybridized carbons (Fsp3) is 0.511. The summed E-state index contributed by atoms with van der Waals surface area (Å²) in [4.78, 5) is 86.6. The van der Waals surface area contributed by atoms with E-state index in [0.29, 0.717) is 22.7 Å². The number of rotatable bonds is 16. The fourth-order valence-corrected chi connectivity index (χ4v) is 11.1. The van der Waals surface area contributed by atoms with E-state index in [4.69, 9.17) is 19.3 Å². The molecule has 67 heavy (non-hydrogen) atoms. The van der Waals surface area contributed by atoms with Crippen LogP contribution in [0.4, 0.5) is 14.5 Å². The number of hydrogen-bond donors (Lipinski definition) is 8. The van der Waals surface area contributed by atoms with Crippen molar-refractivity contribution in [1.29, 1.82) is 0 Å². The van der Waals surface area contributed by atoms with Gasteiger partial charge in [-0.2, -0.15) is 12.6 Å². The van der Waals surface area contributed by atoms with Crippen molar-refractivity contribution >= 4 is 59.5 Å². The summed E-state index contributed by atoms with van der Waals surface area (Å²) in [7, 11) is 0. The number of anilines is 1. The molecule has 17 nitrogen and oxygen atoms in total. The van der Waals surface area contributed by atoms with Gasteiger partial charge in [-0.15, -0.1) is 0 Å². The number of ketones is 2. The Kier molecular flexibility index (Phi) is 13.9. The molecular formula is C47H54F2N4O13S. The lowest BCUT2D eigenvalue weighted by atomic mass is 9.44. The van der Waals surface area contributed by atoms with E-state index < -0.39 is 130 Å². The van der Waals surface area contributed by atoms with Crippen LogP contribution in [0.2, 0.25) is 0 Å². The molecule has 0 spiro atoms. The zero-order valence-electron chi connectivity index (χ0n) is 37.1. The molecule has 2 aromatic rings. The number of aliphatic hydroxyl groups excluding tert-OH is 2. The second-order valence-electron chi connectivity index (χ2n) is 18.3. The number of nitrogens with one attached hydrogen (secondary N) is 4. The molecule has 7 N–H and O–H groups in total. The topological polar surface area (TPSA) is 256 Å². The molecule has 4 amide bonds. The van der Waals surface area contributed by atoms with Gasteiger partial charge in [-0.3, -0.25) is 33.6 Å². The first-order valence-corrected chi connectivity index (χ1v) is 22.5. The average molecular weight is 953 g/mol. The number of hydrogen-bond acceptors (Lipinski definition) is 13. The van der Waals surface area contributed by atoms with Crippen molar-refractivity contribution in [3.05, 3.63) is 77.9 Å². The third-order valence-corrected chi connectivity index (χ3v) is 14.7. The molecule has 0 aromatic heterocycles. The van der Waals surface area contributed by atoms with Crippen molar-refractivity contribution in [2.45, 2.75) is 113 Å². The number of carbonyl (C=O) groups is 7. The number of aliphatic carboxylic acids is 1. The molecule has 1 aliphatic heterocycles. The van der Waals surface area contributed by atoms with Gasteiger partial charge in [-0.05, 0) is 100 Å². The molecule has 4 aliphatic carbocycles. The van der Waals surface area contributed by atoms with E-state index in [2.05, 4.69) is 33.9 Å². The molecule has 5 aliphatic rings. The Labute approximate surface area is 389 Å². The van der Waals surface area contributed by atoms with Gasteiger partial charge in [-0.1, -0.05) is 25.1 Å². The molecule has 1 heterocycles. The third kappa shape index (κ3) is 8.89. The van der Waals surface area contributed by atoms with E-state index in [-0.39, 0.29) is 37.8 Å². The average Bonchev–Trinajstić information content (AvgIpc) is 3.78. The monoisotopic (exact) mass is 952 g/mol. The van der Waals surface area contributed by atoms with Gasteiger partial charge in [0.2, 0.25) is 23.6 Å². The number of thiol groups is 1. The van der Waals surface area contributed by atoms with Gasteiger partial charge in [-0.25, -0.2) is 8.78 Å². The molecule has 2 aromatic carbocycles. The van der Waals surface area contributed by atoms with Crippen LogP contribution < -0.4 is 26.0 Å². The van der Waals surface area contributed by atoms with Gasteiger partial charge in [0.25, 0.3) is 0 Å².